The van der Waals surface area contributed by atoms with Crippen LogP contribution in [-0.2, 0) is 6.42 Å². The van der Waals surface area contributed by atoms with Crippen LogP contribution in [0.4, 0.5) is 0 Å². The minimum atomic E-state index is 0.516. The van der Waals surface area contributed by atoms with Gasteiger partial charge in [-0.25, -0.2) is 0 Å². The van der Waals surface area contributed by atoms with Crippen LogP contribution in [-0.4, -0.2) is 0 Å². The van der Waals surface area contributed by atoms with Gasteiger partial charge in [0.1, 0.15) is 0 Å². The van der Waals surface area contributed by atoms with E-state index in [2.05, 4.69) is 140 Å². The molecule has 0 aliphatic heterocycles. The fourth-order valence-corrected chi connectivity index (χ4v) is 7.47. The molecule has 0 radical (unpaired) electrons. The molecule has 0 amide bonds. The maximum Gasteiger partial charge on any atom is -0.00837 e. The van der Waals surface area contributed by atoms with E-state index in [9.17, 15) is 0 Å². The maximum atomic E-state index is 2.47. The van der Waals surface area contributed by atoms with Gasteiger partial charge in [0, 0.05) is 0 Å². The van der Waals surface area contributed by atoms with E-state index >= 15 is 0 Å². The van der Waals surface area contributed by atoms with Crippen LogP contribution in [0.5, 0.6) is 0 Å². The second-order valence-electron chi connectivity index (χ2n) is 12.8. The van der Waals surface area contributed by atoms with Gasteiger partial charge in [0.2, 0.25) is 0 Å². The first-order valence-electron chi connectivity index (χ1n) is 16.1. The lowest BCUT2D eigenvalue weighted by Crippen LogP contribution is -2.06. The normalized spacial score (nSPS) is 18.9. The molecule has 1 saturated carbocycles. The van der Waals surface area contributed by atoms with E-state index in [-0.39, 0.29) is 0 Å². The zero-order valence-electron chi connectivity index (χ0n) is 25.0. The lowest BCUT2D eigenvalue weighted by atomic mass is 9.80. The van der Waals surface area contributed by atoms with Gasteiger partial charge in [-0.15, -0.1) is 0 Å². The molecule has 0 heterocycles. The SMILES string of the molecule is CC(CCc1ccc(-c2ccc3c(c2)C2=C(CCC=C2)C2CC32)cc1)c1ccc(-c2cccc(-c3ccccc3)c2)cc1. The number of benzene rings is 5. The van der Waals surface area contributed by atoms with E-state index in [1.165, 1.54) is 74.9 Å². The van der Waals surface area contributed by atoms with Gasteiger partial charge in [-0.1, -0.05) is 134 Å². The Morgan fingerprint density at radius 2 is 1.28 bits per heavy atom. The van der Waals surface area contributed by atoms with Crippen molar-refractivity contribution in [2.45, 2.75) is 50.9 Å². The van der Waals surface area contributed by atoms with Gasteiger partial charge < -0.3 is 0 Å². The van der Waals surface area contributed by atoms with Crippen molar-refractivity contribution in [3.8, 4) is 33.4 Å². The number of fused-ring (bicyclic) bond motifs is 5. The van der Waals surface area contributed by atoms with Crippen LogP contribution in [0.25, 0.3) is 39.0 Å². The number of allylic oxidation sites excluding steroid dienone is 4. The fourth-order valence-electron chi connectivity index (χ4n) is 7.47. The minimum Gasteiger partial charge on any atom is -0.0836 e. The molecule has 0 nitrogen and oxygen atoms in total. The van der Waals surface area contributed by atoms with Crippen LogP contribution in [0.2, 0.25) is 0 Å². The van der Waals surface area contributed by atoms with Crippen LogP contribution >= 0.6 is 0 Å². The van der Waals surface area contributed by atoms with E-state index in [0.29, 0.717) is 5.92 Å². The molecule has 0 N–H and O–H groups in total. The molecule has 3 aliphatic carbocycles. The molecule has 3 aliphatic rings. The predicted octanol–water partition coefficient (Wildman–Crippen LogP) is 11.6. The van der Waals surface area contributed by atoms with Gasteiger partial charge in [-0.05, 0) is 123 Å². The average molecular weight is 555 g/mol. The summed E-state index contributed by atoms with van der Waals surface area (Å²) in [4.78, 5) is 0. The average Bonchev–Trinajstić information content (AvgIpc) is 3.90. The number of rotatable bonds is 7. The third-order valence-electron chi connectivity index (χ3n) is 10.1. The van der Waals surface area contributed by atoms with Gasteiger partial charge in [-0.3, -0.25) is 0 Å². The number of hydrogen-bond acceptors (Lipinski definition) is 0. The molecule has 0 spiro atoms. The summed E-state index contributed by atoms with van der Waals surface area (Å²) in [5.74, 6) is 2.12. The second-order valence-corrected chi connectivity index (χ2v) is 12.8. The highest BCUT2D eigenvalue weighted by Crippen LogP contribution is 2.60. The van der Waals surface area contributed by atoms with Gasteiger partial charge in [0.15, 0.2) is 0 Å². The Hall–Kier alpha value is -4.42. The molecule has 1 fully saturated rings. The van der Waals surface area contributed by atoms with Crippen molar-refractivity contribution in [3.05, 3.63) is 161 Å². The minimum absolute atomic E-state index is 0.516. The second kappa shape index (κ2) is 11.0. The summed E-state index contributed by atoms with van der Waals surface area (Å²) < 4.78 is 0. The summed E-state index contributed by atoms with van der Waals surface area (Å²) in [5, 5.41) is 0. The highest BCUT2D eigenvalue weighted by atomic mass is 14.5. The van der Waals surface area contributed by atoms with Crippen molar-refractivity contribution in [1.82, 2.24) is 0 Å². The Labute approximate surface area is 256 Å². The Morgan fingerprint density at radius 3 is 2.05 bits per heavy atom. The molecule has 0 bridgehead atoms. The van der Waals surface area contributed by atoms with Crippen molar-refractivity contribution >= 4 is 5.57 Å². The van der Waals surface area contributed by atoms with Crippen molar-refractivity contribution in [2.24, 2.45) is 5.92 Å². The van der Waals surface area contributed by atoms with E-state index in [4.69, 9.17) is 0 Å². The highest BCUT2D eigenvalue weighted by Gasteiger charge is 2.46. The lowest BCUT2D eigenvalue weighted by Gasteiger charge is -2.24. The monoisotopic (exact) mass is 554 g/mol. The molecular weight excluding hydrogens is 516 g/mol. The number of aryl methyl sites for hydroxylation is 1. The lowest BCUT2D eigenvalue weighted by molar-refractivity contribution is 0.680. The molecule has 0 saturated heterocycles. The van der Waals surface area contributed by atoms with Gasteiger partial charge in [0.25, 0.3) is 0 Å². The summed E-state index contributed by atoms with van der Waals surface area (Å²) in [6.45, 7) is 2.36. The van der Waals surface area contributed by atoms with Crippen LogP contribution in [0, 0.1) is 5.92 Å². The molecule has 5 aromatic rings. The van der Waals surface area contributed by atoms with Gasteiger partial charge >= 0.3 is 0 Å². The third-order valence-corrected chi connectivity index (χ3v) is 10.1. The summed E-state index contributed by atoms with van der Waals surface area (Å²) in [6, 6.07) is 45.3. The highest BCUT2D eigenvalue weighted by molar-refractivity contribution is 5.86. The van der Waals surface area contributed by atoms with Crippen LogP contribution in [0.3, 0.4) is 0 Å². The Morgan fingerprint density at radius 1 is 0.628 bits per heavy atom. The molecule has 3 unspecified atom stereocenters. The van der Waals surface area contributed by atoms with Crippen LogP contribution in [0.15, 0.2) is 139 Å². The van der Waals surface area contributed by atoms with E-state index in [0.717, 1.165) is 24.7 Å². The molecule has 0 aromatic heterocycles. The first-order chi connectivity index (χ1) is 21.2. The maximum absolute atomic E-state index is 2.47. The summed E-state index contributed by atoms with van der Waals surface area (Å²) in [6.07, 6.45) is 10.8. The molecule has 0 heteroatoms. The van der Waals surface area contributed by atoms with Crippen LogP contribution < -0.4 is 0 Å². The third kappa shape index (κ3) is 5.10. The van der Waals surface area contributed by atoms with Crippen molar-refractivity contribution in [2.75, 3.05) is 0 Å². The topological polar surface area (TPSA) is 0 Å². The first-order valence-corrected chi connectivity index (χ1v) is 16.1. The predicted molar refractivity (Wildman–Crippen MR) is 182 cm³/mol. The van der Waals surface area contributed by atoms with Crippen LogP contribution in [0.1, 0.15) is 66.7 Å². The molecule has 210 valence electrons. The standard InChI is InChI=1S/C43H38/c1-29(31-20-22-34(23-21-31)36-11-7-10-35(26-36)32-8-3-2-4-9-32)14-15-30-16-18-33(19-17-30)37-24-25-40-41(27-37)38-12-5-6-13-39(38)42-28-43(40)42/h2-5,7-12,16-27,29,42-43H,6,13-15,28H2,1H3. The Bertz CT molecular complexity index is 1830. The van der Waals surface area contributed by atoms with Crippen molar-refractivity contribution < 1.29 is 0 Å². The van der Waals surface area contributed by atoms with Gasteiger partial charge in [-0.2, -0.15) is 0 Å². The zero-order valence-corrected chi connectivity index (χ0v) is 25.0. The fraction of sp³-hybridized carbons (Fsp3) is 0.209. The molecular formula is C43H38. The zero-order chi connectivity index (χ0) is 28.8. The number of hydrogen-bond donors (Lipinski definition) is 0. The molecule has 43 heavy (non-hydrogen) atoms. The van der Waals surface area contributed by atoms with Crippen molar-refractivity contribution in [1.29, 1.82) is 0 Å². The smallest absolute Gasteiger partial charge is 0.00837 e. The Balaban J connectivity index is 0.927. The molecule has 3 atom stereocenters. The van der Waals surface area contributed by atoms with E-state index in [1.54, 1.807) is 11.1 Å². The summed E-state index contributed by atoms with van der Waals surface area (Å²) in [5.41, 5.74) is 16.9. The Kier molecular flexibility index (Phi) is 6.72. The van der Waals surface area contributed by atoms with E-state index in [1.807, 2.05) is 0 Å². The largest absolute Gasteiger partial charge is 0.0836 e. The van der Waals surface area contributed by atoms with E-state index < -0.39 is 0 Å². The van der Waals surface area contributed by atoms with Crippen molar-refractivity contribution in [3.63, 3.8) is 0 Å². The first kappa shape index (κ1) is 26.2. The molecule has 5 aromatic carbocycles. The summed E-state index contributed by atoms with van der Waals surface area (Å²) >= 11 is 0. The van der Waals surface area contributed by atoms with Gasteiger partial charge in [0.05, 0.1) is 0 Å². The summed E-state index contributed by atoms with van der Waals surface area (Å²) in [7, 11) is 0. The quantitative estimate of drug-likeness (QED) is 0.188. The molecule has 8 rings (SSSR count).